The molecule has 0 aliphatic rings. The highest BCUT2D eigenvalue weighted by Crippen LogP contribution is 2.16. The van der Waals surface area contributed by atoms with Gasteiger partial charge in [0.05, 0.1) is 19.4 Å². The molecule has 0 saturated heterocycles. The fourth-order valence-corrected chi connectivity index (χ4v) is 2.61. The van der Waals surface area contributed by atoms with E-state index in [1.165, 1.54) is 43.9 Å². The number of carbonyl (C=O) groups excluding carboxylic acids is 2. The lowest BCUT2D eigenvalue weighted by atomic mass is 10.1. The van der Waals surface area contributed by atoms with Crippen molar-refractivity contribution in [2.24, 2.45) is 0 Å². The Morgan fingerprint density at radius 3 is 2.08 bits per heavy atom. The van der Waals surface area contributed by atoms with Crippen LogP contribution >= 0.6 is 11.6 Å². The number of carbonyl (C=O) groups is 2. The van der Waals surface area contributed by atoms with E-state index < -0.39 is 17.8 Å². The van der Waals surface area contributed by atoms with Crippen LogP contribution in [0.4, 0.5) is 4.39 Å². The molecule has 0 bridgehead atoms. The topological polar surface area (TPSA) is 52.6 Å². The minimum atomic E-state index is -0.652. The van der Waals surface area contributed by atoms with Crippen LogP contribution in [0.1, 0.15) is 64.2 Å². The van der Waals surface area contributed by atoms with Gasteiger partial charge in [-0.25, -0.2) is 4.39 Å². The molecule has 0 fully saturated rings. The smallest absolute Gasteiger partial charge is 0.311 e. The lowest BCUT2D eigenvalue weighted by Gasteiger charge is -2.06. The molecular weight excluding hydrogens is 359 g/mol. The fraction of sp³-hybridized carbons (Fsp3) is 0.600. The summed E-state index contributed by atoms with van der Waals surface area (Å²) in [6, 6.07) is 5.64. The van der Waals surface area contributed by atoms with Crippen LogP contribution in [0.3, 0.4) is 0 Å². The van der Waals surface area contributed by atoms with Crippen molar-refractivity contribution < 1.29 is 23.5 Å². The van der Waals surface area contributed by atoms with E-state index in [4.69, 9.17) is 21.1 Å². The average Bonchev–Trinajstić information content (AvgIpc) is 2.63. The minimum absolute atomic E-state index is 0.0616. The molecule has 0 radical (unpaired) electrons. The van der Waals surface area contributed by atoms with Crippen LogP contribution in [-0.4, -0.2) is 24.4 Å². The molecule has 0 unspecified atom stereocenters. The molecule has 0 aliphatic heterocycles. The standard InChI is InChI=1S/C20H28ClFO4/c21-15-9-5-3-1-2-4-6-10-16-25-19(23)13-14-20(24)26-18-12-8-7-11-17(18)22/h7-8,11-12H,1-6,9-10,13-16H2. The third-order valence-electron chi connectivity index (χ3n) is 3.88. The zero-order chi connectivity index (χ0) is 19.0. The summed E-state index contributed by atoms with van der Waals surface area (Å²) in [5.41, 5.74) is 0. The zero-order valence-corrected chi connectivity index (χ0v) is 15.9. The van der Waals surface area contributed by atoms with Gasteiger partial charge in [-0.15, -0.1) is 11.6 Å². The molecule has 0 spiro atoms. The van der Waals surface area contributed by atoms with Gasteiger partial charge in [0.1, 0.15) is 0 Å². The van der Waals surface area contributed by atoms with Crippen molar-refractivity contribution >= 4 is 23.5 Å². The summed E-state index contributed by atoms with van der Waals surface area (Å²) in [6.45, 7) is 0.368. The number of hydrogen-bond acceptors (Lipinski definition) is 4. The molecule has 0 atom stereocenters. The number of rotatable bonds is 14. The first-order valence-corrected chi connectivity index (χ1v) is 9.83. The number of halogens is 2. The number of hydrogen-bond donors (Lipinski definition) is 0. The number of alkyl halides is 1. The SMILES string of the molecule is O=C(CCC(=O)Oc1ccccc1F)OCCCCCCCCCCCl. The third kappa shape index (κ3) is 11.1. The highest BCUT2D eigenvalue weighted by atomic mass is 35.5. The van der Waals surface area contributed by atoms with Gasteiger partial charge in [0.2, 0.25) is 0 Å². The largest absolute Gasteiger partial charge is 0.466 e. The summed E-state index contributed by atoms with van der Waals surface area (Å²) in [5, 5.41) is 0. The van der Waals surface area contributed by atoms with Gasteiger partial charge >= 0.3 is 11.9 Å². The molecule has 0 N–H and O–H groups in total. The number of para-hydroxylation sites is 1. The maximum absolute atomic E-state index is 13.3. The minimum Gasteiger partial charge on any atom is -0.466 e. The van der Waals surface area contributed by atoms with Gasteiger partial charge in [-0.1, -0.05) is 50.7 Å². The lowest BCUT2D eigenvalue weighted by molar-refractivity contribution is -0.147. The Kier molecular flexibility index (Phi) is 12.5. The highest BCUT2D eigenvalue weighted by Gasteiger charge is 2.12. The average molecular weight is 387 g/mol. The van der Waals surface area contributed by atoms with Gasteiger partial charge in [-0.05, 0) is 25.0 Å². The summed E-state index contributed by atoms with van der Waals surface area (Å²) >= 11 is 5.62. The molecule has 6 heteroatoms. The molecule has 1 rings (SSSR count). The second-order valence-corrected chi connectivity index (χ2v) is 6.52. The Labute approximate surface area is 160 Å². The van der Waals surface area contributed by atoms with E-state index in [0.29, 0.717) is 6.61 Å². The molecule has 0 saturated carbocycles. The molecule has 146 valence electrons. The number of esters is 2. The van der Waals surface area contributed by atoms with E-state index in [0.717, 1.165) is 31.6 Å². The highest BCUT2D eigenvalue weighted by molar-refractivity contribution is 6.17. The lowest BCUT2D eigenvalue weighted by Crippen LogP contribution is -2.13. The fourth-order valence-electron chi connectivity index (χ4n) is 2.42. The van der Waals surface area contributed by atoms with Crippen LogP contribution in [0.2, 0.25) is 0 Å². The predicted molar refractivity (Wildman–Crippen MR) is 99.9 cm³/mol. The molecule has 1 aromatic carbocycles. The quantitative estimate of drug-likeness (QED) is 0.185. The van der Waals surface area contributed by atoms with Crippen LogP contribution in [0.25, 0.3) is 0 Å². The van der Waals surface area contributed by atoms with Gasteiger partial charge in [0.15, 0.2) is 11.6 Å². The van der Waals surface area contributed by atoms with Crippen LogP contribution in [-0.2, 0) is 14.3 Å². The van der Waals surface area contributed by atoms with E-state index in [2.05, 4.69) is 0 Å². The Balaban J connectivity index is 1.98. The molecule has 4 nitrogen and oxygen atoms in total. The normalized spacial score (nSPS) is 10.5. The van der Waals surface area contributed by atoms with Crippen LogP contribution < -0.4 is 4.74 Å². The Hall–Kier alpha value is -1.62. The van der Waals surface area contributed by atoms with Crippen molar-refractivity contribution in [2.75, 3.05) is 12.5 Å². The summed E-state index contributed by atoms with van der Waals surface area (Å²) in [4.78, 5) is 23.2. The zero-order valence-electron chi connectivity index (χ0n) is 15.2. The molecule has 0 amide bonds. The summed E-state index contributed by atoms with van der Waals surface area (Å²) in [7, 11) is 0. The Bertz CT molecular complexity index is 536. The third-order valence-corrected chi connectivity index (χ3v) is 4.15. The summed E-state index contributed by atoms with van der Waals surface area (Å²) in [5.74, 6) is -1.08. The van der Waals surface area contributed by atoms with Crippen LogP contribution in [0, 0.1) is 5.82 Å². The first kappa shape index (κ1) is 22.4. The van der Waals surface area contributed by atoms with Gasteiger partial charge in [0, 0.05) is 5.88 Å². The van der Waals surface area contributed by atoms with E-state index in [1.54, 1.807) is 6.07 Å². The molecule has 0 aromatic heterocycles. The number of unbranched alkanes of at least 4 members (excludes halogenated alkanes) is 7. The van der Waals surface area contributed by atoms with Gasteiger partial charge in [-0.2, -0.15) is 0 Å². The summed E-state index contributed by atoms with van der Waals surface area (Å²) < 4.78 is 23.3. The molecule has 26 heavy (non-hydrogen) atoms. The number of benzene rings is 1. The van der Waals surface area contributed by atoms with Gasteiger partial charge < -0.3 is 9.47 Å². The van der Waals surface area contributed by atoms with Crippen molar-refractivity contribution in [3.63, 3.8) is 0 Å². The molecular formula is C20H28ClFO4. The van der Waals surface area contributed by atoms with Crippen molar-refractivity contribution in [3.05, 3.63) is 30.1 Å². The maximum atomic E-state index is 13.3. The second-order valence-electron chi connectivity index (χ2n) is 6.14. The van der Waals surface area contributed by atoms with E-state index >= 15 is 0 Å². The van der Waals surface area contributed by atoms with Gasteiger partial charge in [0.25, 0.3) is 0 Å². The molecule has 1 aromatic rings. The monoisotopic (exact) mass is 386 g/mol. The first-order valence-electron chi connectivity index (χ1n) is 9.30. The Morgan fingerprint density at radius 2 is 1.42 bits per heavy atom. The van der Waals surface area contributed by atoms with E-state index in [-0.39, 0.29) is 18.6 Å². The van der Waals surface area contributed by atoms with E-state index in [9.17, 15) is 14.0 Å². The van der Waals surface area contributed by atoms with Crippen molar-refractivity contribution in [1.29, 1.82) is 0 Å². The van der Waals surface area contributed by atoms with Crippen molar-refractivity contribution in [3.8, 4) is 5.75 Å². The van der Waals surface area contributed by atoms with E-state index in [1.807, 2.05) is 0 Å². The second kappa shape index (κ2) is 14.5. The van der Waals surface area contributed by atoms with Gasteiger partial charge in [-0.3, -0.25) is 9.59 Å². The van der Waals surface area contributed by atoms with Crippen molar-refractivity contribution in [1.82, 2.24) is 0 Å². The van der Waals surface area contributed by atoms with Crippen LogP contribution in [0.15, 0.2) is 24.3 Å². The first-order chi connectivity index (χ1) is 12.6. The van der Waals surface area contributed by atoms with Crippen LogP contribution in [0.5, 0.6) is 5.75 Å². The number of ether oxygens (including phenoxy) is 2. The maximum Gasteiger partial charge on any atom is 0.311 e. The molecule has 0 heterocycles. The summed E-state index contributed by atoms with van der Waals surface area (Å²) in [6.07, 6.45) is 8.72. The predicted octanol–water partition coefficient (Wildman–Crippen LogP) is 5.41. The van der Waals surface area contributed by atoms with Crippen molar-refractivity contribution in [2.45, 2.75) is 64.2 Å². The Morgan fingerprint density at radius 1 is 0.846 bits per heavy atom. The molecule has 0 aliphatic carbocycles.